The van der Waals surface area contributed by atoms with Crippen molar-refractivity contribution in [1.82, 2.24) is 0 Å². The smallest absolute Gasteiger partial charge is 0.724 e. The zero-order chi connectivity index (χ0) is 14.3. The molecule has 0 saturated heterocycles. The van der Waals surface area contributed by atoms with E-state index in [1.807, 2.05) is 0 Å². The molecule has 0 aliphatic rings. The summed E-state index contributed by atoms with van der Waals surface area (Å²) in [5, 5.41) is 0. The van der Waals surface area contributed by atoms with Crippen LogP contribution in [0.15, 0.2) is 12.2 Å². The molecule has 0 bridgehead atoms. The van der Waals surface area contributed by atoms with Crippen LogP contribution in [0.4, 0.5) is 0 Å². The second-order valence-electron chi connectivity index (χ2n) is 2.22. The van der Waals surface area contributed by atoms with Crippen molar-refractivity contribution in [3.8, 4) is 0 Å². The van der Waals surface area contributed by atoms with Gasteiger partial charge in [-0.3, -0.25) is 0 Å². The van der Waals surface area contributed by atoms with Crippen molar-refractivity contribution in [1.29, 1.82) is 0 Å². The van der Waals surface area contributed by atoms with Gasteiger partial charge in [-0.25, -0.2) is 21.6 Å². The third-order valence-electron chi connectivity index (χ3n) is 0.728. The Morgan fingerprint density at radius 1 is 1.00 bits per heavy atom. The fourth-order valence-corrected chi connectivity index (χ4v) is 0.787. The summed E-state index contributed by atoms with van der Waals surface area (Å²) in [4.78, 5) is 10.2. The van der Waals surface area contributed by atoms with Crippen LogP contribution < -0.4 is 103 Å². The summed E-state index contributed by atoms with van der Waals surface area (Å²) in [5.74, 6) is -0.347. The summed E-state index contributed by atoms with van der Waals surface area (Å²) in [6, 6.07) is 0. The third kappa shape index (κ3) is 29.0. The molecule has 10 nitrogen and oxygen atoms in total. The number of carbonyl (C=O) groups is 1. The van der Waals surface area contributed by atoms with E-state index in [2.05, 4.69) is 20.0 Å². The Balaban J connectivity index is -0.000000112. The van der Waals surface area contributed by atoms with Crippen LogP contribution in [0.25, 0.3) is 0 Å². The number of rotatable bonds is 4. The normalized spacial score (nSPS) is 9.89. The maximum Gasteiger partial charge on any atom is 1.00 e. The van der Waals surface area contributed by atoms with Crippen molar-refractivity contribution < 1.29 is 147 Å². The second kappa shape index (κ2) is 13.9. The van der Waals surface area contributed by atoms with Gasteiger partial charge in [-0.05, 0) is 6.92 Å². The minimum Gasteiger partial charge on any atom is -0.724 e. The molecule has 0 aromatic rings. The van der Waals surface area contributed by atoms with Crippen LogP contribution in [0.2, 0.25) is 0 Å². The van der Waals surface area contributed by atoms with Crippen LogP contribution in [0, 0.1) is 0 Å². The largest absolute Gasteiger partial charge is 1.00 e. The topological polar surface area (TPSA) is 159 Å². The number of hydrogen-bond donors (Lipinski definition) is 0. The maximum absolute atomic E-state index is 10.2. The molecule has 0 aliphatic carbocycles. The standard InChI is InChI=1S/C5H8O2.2K.H2O8S2/c1-4(2)5(6)7-3;;;1-9(2,3)7-8-10(4,5)6/h1H2,2-3H3;;;(H,1,2,3)(H,4,5,6)/q;2*+1;/p-2. The Hall–Kier alpha value is 2.22. The fourth-order valence-electron chi connectivity index (χ4n) is 0.242. The zero-order valence-electron chi connectivity index (χ0n) is 10.6. The van der Waals surface area contributed by atoms with E-state index in [9.17, 15) is 30.7 Å². The Morgan fingerprint density at radius 3 is 1.32 bits per heavy atom. The molecule has 0 heterocycles. The number of ether oxygens (including phenoxy) is 1. The van der Waals surface area contributed by atoms with Crippen LogP contribution >= 0.6 is 0 Å². The molecule has 102 valence electrons. The molecule has 0 N–H and O–H groups in total. The summed E-state index contributed by atoms with van der Waals surface area (Å²) in [6.07, 6.45) is 0. The van der Waals surface area contributed by atoms with E-state index in [1.165, 1.54) is 7.11 Å². The van der Waals surface area contributed by atoms with E-state index in [-0.39, 0.29) is 109 Å². The molecule has 0 aromatic heterocycles. The number of esters is 1. The van der Waals surface area contributed by atoms with Crippen molar-refractivity contribution >= 4 is 26.8 Å². The Bertz CT molecular complexity index is 434. The average Bonchev–Trinajstić information content (AvgIpc) is 2.12. The summed E-state index contributed by atoms with van der Waals surface area (Å²) in [7, 11) is -9.29. The minimum atomic E-state index is -5.31. The van der Waals surface area contributed by atoms with E-state index in [0.29, 0.717) is 5.57 Å². The van der Waals surface area contributed by atoms with E-state index in [1.54, 1.807) is 6.92 Å². The predicted octanol–water partition coefficient (Wildman–Crippen LogP) is -7.40. The van der Waals surface area contributed by atoms with Gasteiger partial charge in [0.2, 0.25) is 20.8 Å². The summed E-state index contributed by atoms with van der Waals surface area (Å²) in [5.41, 5.74) is 0.433. The molecule has 0 aromatic carbocycles. The van der Waals surface area contributed by atoms with Crippen molar-refractivity contribution in [2.45, 2.75) is 6.92 Å². The van der Waals surface area contributed by atoms with Crippen molar-refractivity contribution in [2.75, 3.05) is 7.11 Å². The minimum absolute atomic E-state index is 0. The SMILES string of the molecule is C=C(C)C(=O)OC.O=S(=O)([O-])OOS(=O)(=O)[O-].[K+].[K+]. The number of methoxy groups -OCH3 is 1. The van der Waals surface area contributed by atoms with E-state index in [0.717, 1.165) is 0 Å². The van der Waals surface area contributed by atoms with Gasteiger partial charge in [-0.15, -0.1) is 8.67 Å². The van der Waals surface area contributed by atoms with Crippen molar-refractivity contribution in [2.24, 2.45) is 0 Å². The van der Waals surface area contributed by atoms with Gasteiger partial charge in [0.15, 0.2) is 0 Å². The van der Waals surface area contributed by atoms with E-state index >= 15 is 0 Å². The van der Waals surface area contributed by atoms with Crippen LogP contribution in [0.5, 0.6) is 0 Å². The molecular formula is C5H8K2O10S2. The molecule has 14 heteroatoms. The first-order chi connectivity index (χ1) is 7.39. The Kier molecular flexibility index (Phi) is 21.3. The van der Waals surface area contributed by atoms with Crippen LogP contribution in [0.1, 0.15) is 6.92 Å². The molecule has 0 rings (SSSR count). The Labute approximate surface area is 195 Å². The van der Waals surface area contributed by atoms with E-state index < -0.39 is 20.8 Å². The number of carbonyl (C=O) groups excluding carboxylic acids is 1. The molecule has 19 heavy (non-hydrogen) atoms. The van der Waals surface area contributed by atoms with Gasteiger partial charge in [0, 0.05) is 5.57 Å². The van der Waals surface area contributed by atoms with Crippen LogP contribution in [0.3, 0.4) is 0 Å². The summed E-state index contributed by atoms with van der Waals surface area (Å²) < 4.78 is 65.7. The number of hydrogen-bond acceptors (Lipinski definition) is 10. The molecule has 0 aliphatic heterocycles. The average molecular weight is 370 g/mol. The third-order valence-corrected chi connectivity index (χ3v) is 1.28. The summed E-state index contributed by atoms with van der Waals surface area (Å²) >= 11 is 0. The quantitative estimate of drug-likeness (QED) is 0.0884. The summed E-state index contributed by atoms with van der Waals surface area (Å²) in [6.45, 7) is 4.95. The van der Waals surface area contributed by atoms with Crippen molar-refractivity contribution in [3.63, 3.8) is 0 Å². The van der Waals surface area contributed by atoms with E-state index in [4.69, 9.17) is 0 Å². The molecule has 0 amide bonds. The Morgan fingerprint density at radius 2 is 1.26 bits per heavy atom. The van der Waals surface area contributed by atoms with Gasteiger partial charge in [0.05, 0.1) is 7.11 Å². The van der Waals surface area contributed by atoms with Gasteiger partial charge in [-0.2, -0.15) is 0 Å². The second-order valence-corrected chi connectivity index (χ2v) is 4.13. The first-order valence-electron chi connectivity index (χ1n) is 3.42. The molecular weight excluding hydrogens is 362 g/mol. The zero-order valence-corrected chi connectivity index (χ0v) is 18.5. The fraction of sp³-hybridized carbons (Fsp3) is 0.400. The van der Waals surface area contributed by atoms with Crippen LogP contribution in [-0.2, 0) is 39.0 Å². The molecule has 0 saturated carbocycles. The van der Waals surface area contributed by atoms with Gasteiger partial charge >= 0.3 is 109 Å². The van der Waals surface area contributed by atoms with Gasteiger partial charge < -0.3 is 13.8 Å². The molecule has 0 fully saturated rings. The predicted molar refractivity (Wildman–Crippen MR) is 48.4 cm³/mol. The van der Waals surface area contributed by atoms with Crippen molar-refractivity contribution in [3.05, 3.63) is 12.2 Å². The molecule has 0 spiro atoms. The van der Waals surface area contributed by atoms with Gasteiger partial charge in [0.25, 0.3) is 0 Å². The molecule has 0 unspecified atom stereocenters. The molecule has 0 atom stereocenters. The van der Waals surface area contributed by atoms with Gasteiger partial charge in [-0.1, -0.05) is 6.58 Å². The first-order valence-corrected chi connectivity index (χ1v) is 6.09. The monoisotopic (exact) mass is 370 g/mol. The van der Waals surface area contributed by atoms with Crippen LogP contribution in [-0.4, -0.2) is 39.0 Å². The first kappa shape index (κ1) is 29.3. The van der Waals surface area contributed by atoms with Gasteiger partial charge in [0.1, 0.15) is 0 Å². The maximum atomic E-state index is 10.2. The molecule has 0 radical (unpaired) electrons.